The normalized spacial score (nSPS) is 12.6. The third-order valence-corrected chi connectivity index (χ3v) is 3.28. The van der Waals surface area contributed by atoms with Crippen LogP contribution in [0.3, 0.4) is 0 Å². The summed E-state index contributed by atoms with van der Waals surface area (Å²) in [6.45, 7) is 11.3. The van der Waals surface area contributed by atoms with Gasteiger partial charge in [-0.25, -0.2) is 9.97 Å². The Morgan fingerprint density at radius 3 is 2.38 bits per heavy atom. The van der Waals surface area contributed by atoms with Crippen molar-refractivity contribution in [2.24, 2.45) is 0 Å². The number of aromatic nitrogens is 2. The molecule has 1 unspecified atom stereocenters. The van der Waals surface area contributed by atoms with Gasteiger partial charge in [-0.3, -0.25) is 0 Å². The van der Waals surface area contributed by atoms with E-state index in [2.05, 4.69) is 35.6 Å². The number of hydrogen-bond donors (Lipinski definition) is 0. The molecule has 0 aliphatic rings. The molecule has 0 N–H and O–H groups in total. The maximum absolute atomic E-state index is 6.09. The molecule has 16 heavy (non-hydrogen) atoms. The van der Waals surface area contributed by atoms with E-state index in [1.165, 1.54) is 0 Å². The van der Waals surface area contributed by atoms with E-state index in [1.54, 1.807) is 0 Å². The van der Waals surface area contributed by atoms with Crippen LogP contribution in [0.2, 0.25) is 5.15 Å². The lowest BCUT2D eigenvalue weighted by atomic mass is 10.2. The molecule has 0 aromatic carbocycles. The van der Waals surface area contributed by atoms with Crippen LogP contribution in [-0.2, 0) is 0 Å². The van der Waals surface area contributed by atoms with E-state index in [4.69, 9.17) is 11.6 Å². The fraction of sp³-hybridized carbons (Fsp3) is 0.667. The van der Waals surface area contributed by atoms with Gasteiger partial charge in [0.2, 0.25) is 0 Å². The van der Waals surface area contributed by atoms with Gasteiger partial charge in [0.05, 0.1) is 0 Å². The predicted octanol–water partition coefficient (Wildman–Crippen LogP) is 3.37. The largest absolute Gasteiger partial charge is 0.354 e. The number of halogens is 1. The summed E-state index contributed by atoms with van der Waals surface area (Å²) < 4.78 is 0. The Bertz CT molecular complexity index is 366. The zero-order valence-electron chi connectivity index (χ0n) is 10.7. The first-order chi connectivity index (χ1) is 7.51. The lowest BCUT2D eigenvalue weighted by Gasteiger charge is -2.29. The second-order valence-electron chi connectivity index (χ2n) is 4.05. The molecule has 0 radical (unpaired) electrons. The zero-order chi connectivity index (χ0) is 12.3. The molecule has 0 saturated carbocycles. The van der Waals surface area contributed by atoms with Gasteiger partial charge in [-0.1, -0.05) is 18.5 Å². The molecule has 0 aliphatic heterocycles. The summed E-state index contributed by atoms with van der Waals surface area (Å²) in [6.07, 6.45) is 1.09. The maximum atomic E-state index is 6.09. The molecule has 90 valence electrons. The van der Waals surface area contributed by atoms with E-state index in [0.717, 1.165) is 30.2 Å². The second kappa shape index (κ2) is 5.48. The maximum Gasteiger partial charge on any atom is 0.137 e. The summed E-state index contributed by atoms with van der Waals surface area (Å²) >= 11 is 6.09. The van der Waals surface area contributed by atoms with Crippen molar-refractivity contribution in [3.63, 3.8) is 0 Å². The molecular formula is C12H20ClN3. The highest BCUT2D eigenvalue weighted by molar-refractivity contribution is 6.30. The molecule has 1 rings (SSSR count). The summed E-state index contributed by atoms with van der Waals surface area (Å²) in [5.41, 5.74) is 0.967. The summed E-state index contributed by atoms with van der Waals surface area (Å²) in [4.78, 5) is 10.9. The minimum absolute atomic E-state index is 0.467. The van der Waals surface area contributed by atoms with Gasteiger partial charge >= 0.3 is 0 Å². The molecule has 1 aromatic rings. The lowest BCUT2D eigenvalue weighted by molar-refractivity contribution is 0.619. The first-order valence-corrected chi connectivity index (χ1v) is 6.16. The van der Waals surface area contributed by atoms with Gasteiger partial charge in [0.25, 0.3) is 0 Å². The fourth-order valence-electron chi connectivity index (χ4n) is 1.75. The molecular weight excluding hydrogens is 222 g/mol. The van der Waals surface area contributed by atoms with E-state index in [-0.39, 0.29) is 0 Å². The van der Waals surface area contributed by atoms with E-state index in [0.29, 0.717) is 11.2 Å². The van der Waals surface area contributed by atoms with Gasteiger partial charge < -0.3 is 4.90 Å². The molecule has 4 heteroatoms. The Morgan fingerprint density at radius 1 is 1.25 bits per heavy atom. The van der Waals surface area contributed by atoms with Crippen LogP contribution < -0.4 is 4.90 Å². The van der Waals surface area contributed by atoms with Crippen LogP contribution in [-0.4, -0.2) is 22.6 Å². The predicted molar refractivity (Wildman–Crippen MR) is 69.3 cm³/mol. The van der Waals surface area contributed by atoms with E-state index < -0.39 is 0 Å². The van der Waals surface area contributed by atoms with Gasteiger partial charge in [-0.15, -0.1) is 0 Å². The highest BCUT2D eigenvalue weighted by Gasteiger charge is 2.17. The molecule has 0 bridgehead atoms. The van der Waals surface area contributed by atoms with Crippen molar-refractivity contribution in [2.45, 2.75) is 47.1 Å². The van der Waals surface area contributed by atoms with Crippen LogP contribution in [0.1, 0.15) is 38.6 Å². The Hall–Kier alpha value is -0.830. The standard InChI is InChI=1S/C12H20ClN3/c1-6-8(3)16(7-2)12-9(4)11(13)14-10(5)15-12/h8H,6-7H2,1-5H3. The zero-order valence-corrected chi connectivity index (χ0v) is 11.5. The molecule has 1 aromatic heterocycles. The van der Waals surface area contributed by atoms with Gasteiger partial charge in [0, 0.05) is 18.2 Å². The first-order valence-electron chi connectivity index (χ1n) is 5.78. The van der Waals surface area contributed by atoms with E-state index in [1.807, 2.05) is 13.8 Å². The van der Waals surface area contributed by atoms with Gasteiger partial charge in [-0.2, -0.15) is 0 Å². The van der Waals surface area contributed by atoms with Crippen molar-refractivity contribution >= 4 is 17.4 Å². The fourth-order valence-corrected chi connectivity index (χ4v) is 1.96. The number of nitrogens with zero attached hydrogens (tertiary/aromatic N) is 3. The lowest BCUT2D eigenvalue weighted by Crippen LogP contribution is -2.34. The van der Waals surface area contributed by atoms with Crippen LogP contribution in [0.4, 0.5) is 5.82 Å². The Morgan fingerprint density at radius 2 is 1.88 bits per heavy atom. The molecule has 3 nitrogen and oxygen atoms in total. The average molecular weight is 242 g/mol. The minimum atomic E-state index is 0.467. The number of hydrogen-bond acceptors (Lipinski definition) is 3. The summed E-state index contributed by atoms with van der Waals surface area (Å²) in [7, 11) is 0. The van der Waals surface area contributed by atoms with Crippen molar-refractivity contribution in [3.8, 4) is 0 Å². The molecule has 0 spiro atoms. The van der Waals surface area contributed by atoms with Crippen molar-refractivity contribution in [3.05, 3.63) is 16.5 Å². The summed E-state index contributed by atoms with van der Waals surface area (Å²) in [6, 6.07) is 0.467. The van der Waals surface area contributed by atoms with Crippen LogP contribution in [0.15, 0.2) is 0 Å². The van der Waals surface area contributed by atoms with Gasteiger partial charge in [0.15, 0.2) is 0 Å². The molecule has 0 aliphatic carbocycles. The number of rotatable bonds is 4. The Labute approximate surface area is 103 Å². The Balaban J connectivity index is 3.19. The number of anilines is 1. The van der Waals surface area contributed by atoms with Crippen LogP contribution in [0, 0.1) is 13.8 Å². The molecule has 0 amide bonds. The van der Waals surface area contributed by atoms with Crippen molar-refractivity contribution in [2.75, 3.05) is 11.4 Å². The third kappa shape index (κ3) is 2.64. The highest BCUT2D eigenvalue weighted by atomic mass is 35.5. The SMILES string of the molecule is CCC(C)N(CC)c1nc(C)nc(Cl)c1C. The topological polar surface area (TPSA) is 29.0 Å². The number of aryl methyl sites for hydroxylation is 1. The minimum Gasteiger partial charge on any atom is -0.354 e. The van der Waals surface area contributed by atoms with Crippen molar-refractivity contribution in [1.82, 2.24) is 9.97 Å². The average Bonchev–Trinajstić information content (AvgIpc) is 2.25. The van der Waals surface area contributed by atoms with Crippen LogP contribution in [0.5, 0.6) is 0 Å². The van der Waals surface area contributed by atoms with Crippen LogP contribution >= 0.6 is 11.6 Å². The van der Waals surface area contributed by atoms with Gasteiger partial charge in [0.1, 0.15) is 16.8 Å². The molecule has 0 saturated heterocycles. The van der Waals surface area contributed by atoms with E-state index in [9.17, 15) is 0 Å². The van der Waals surface area contributed by atoms with E-state index >= 15 is 0 Å². The Kier molecular flexibility index (Phi) is 4.54. The third-order valence-electron chi connectivity index (χ3n) is 2.91. The van der Waals surface area contributed by atoms with Crippen LogP contribution in [0.25, 0.3) is 0 Å². The second-order valence-corrected chi connectivity index (χ2v) is 4.41. The van der Waals surface area contributed by atoms with Gasteiger partial charge in [-0.05, 0) is 34.1 Å². The monoisotopic (exact) mass is 241 g/mol. The first kappa shape index (κ1) is 13.2. The molecule has 1 atom stereocenters. The van der Waals surface area contributed by atoms with Crippen molar-refractivity contribution < 1.29 is 0 Å². The summed E-state index contributed by atoms with van der Waals surface area (Å²) in [5, 5.41) is 0.559. The highest BCUT2D eigenvalue weighted by Crippen LogP contribution is 2.25. The quantitative estimate of drug-likeness (QED) is 0.757. The molecule has 1 heterocycles. The molecule has 0 fully saturated rings. The van der Waals surface area contributed by atoms with Crippen molar-refractivity contribution in [1.29, 1.82) is 0 Å². The smallest absolute Gasteiger partial charge is 0.137 e. The summed E-state index contributed by atoms with van der Waals surface area (Å²) in [5.74, 6) is 1.70.